The van der Waals surface area contributed by atoms with Gasteiger partial charge >= 0.3 is 0 Å². The van der Waals surface area contributed by atoms with Gasteiger partial charge in [0.25, 0.3) is 0 Å². The summed E-state index contributed by atoms with van der Waals surface area (Å²) in [4.78, 5) is 0. The second-order valence-electron chi connectivity index (χ2n) is 2.47. The van der Waals surface area contributed by atoms with Gasteiger partial charge in [-0.1, -0.05) is 24.3 Å². The molecule has 0 aromatic heterocycles. The Bertz CT molecular complexity index is 355. The summed E-state index contributed by atoms with van der Waals surface area (Å²) >= 11 is 0. The first kappa shape index (κ1) is 9.05. The Morgan fingerprint density at radius 1 is 1.15 bits per heavy atom. The van der Waals surface area contributed by atoms with Crippen LogP contribution >= 0.6 is 0 Å². The number of nitrogen functional groups attached to an aromatic ring is 1. The van der Waals surface area contributed by atoms with E-state index in [4.69, 9.17) is 22.7 Å². The van der Waals surface area contributed by atoms with E-state index in [2.05, 4.69) is 5.10 Å². The van der Waals surface area contributed by atoms with Gasteiger partial charge in [0.15, 0.2) is 5.84 Å². The number of nitrogens with two attached hydrogens (primary N) is 3. The Balaban J connectivity index is 3.28. The van der Waals surface area contributed by atoms with E-state index in [0.29, 0.717) is 11.1 Å². The van der Waals surface area contributed by atoms with Crippen molar-refractivity contribution in [2.45, 2.75) is 0 Å². The fourth-order valence-electron chi connectivity index (χ4n) is 1.01. The van der Waals surface area contributed by atoms with Crippen molar-refractivity contribution in [2.75, 3.05) is 0 Å². The van der Waals surface area contributed by atoms with E-state index in [1.165, 1.54) is 0 Å². The van der Waals surface area contributed by atoms with E-state index in [1.807, 2.05) is 0 Å². The lowest BCUT2D eigenvalue weighted by atomic mass is 10.1. The van der Waals surface area contributed by atoms with Gasteiger partial charge in [-0.25, -0.2) is 0 Å². The SMILES string of the molecule is N=C(N)c1ccccc1/C(N)=N/N. The van der Waals surface area contributed by atoms with Crippen LogP contribution in [0.2, 0.25) is 0 Å². The third kappa shape index (κ3) is 1.76. The zero-order valence-electron chi connectivity index (χ0n) is 6.99. The highest BCUT2D eigenvalue weighted by molar-refractivity contribution is 6.08. The second-order valence-corrected chi connectivity index (χ2v) is 2.47. The molecule has 0 saturated heterocycles. The molecule has 0 aliphatic carbocycles. The van der Waals surface area contributed by atoms with Gasteiger partial charge in [0.1, 0.15) is 5.84 Å². The minimum atomic E-state index is -0.0535. The normalized spacial score (nSPS) is 11.2. The first-order valence-electron chi connectivity index (χ1n) is 3.64. The van der Waals surface area contributed by atoms with Crippen molar-refractivity contribution in [3.8, 4) is 0 Å². The number of benzene rings is 1. The molecule has 0 bridgehead atoms. The number of nitrogens with zero attached hydrogens (tertiary/aromatic N) is 1. The Morgan fingerprint density at radius 3 is 2.15 bits per heavy atom. The van der Waals surface area contributed by atoms with E-state index < -0.39 is 0 Å². The summed E-state index contributed by atoms with van der Waals surface area (Å²) in [5.41, 5.74) is 12.0. The fraction of sp³-hybridized carbons (Fsp3) is 0. The summed E-state index contributed by atoms with van der Waals surface area (Å²) < 4.78 is 0. The molecule has 0 aliphatic rings. The summed E-state index contributed by atoms with van der Waals surface area (Å²) in [7, 11) is 0. The highest BCUT2D eigenvalue weighted by atomic mass is 15.2. The van der Waals surface area contributed by atoms with Gasteiger partial charge in [0.05, 0.1) is 0 Å². The van der Waals surface area contributed by atoms with Crippen LogP contribution < -0.4 is 17.3 Å². The average molecular weight is 177 g/mol. The van der Waals surface area contributed by atoms with E-state index in [1.54, 1.807) is 24.3 Å². The first-order chi connectivity index (χ1) is 6.16. The van der Waals surface area contributed by atoms with Gasteiger partial charge < -0.3 is 17.3 Å². The quantitative estimate of drug-likeness (QED) is 0.212. The number of nitrogens with one attached hydrogen (secondary N) is 1. The largest absolute Gasteiger partial charge is 0.384 e. The summed E-state index contributed by atoms with van der Waals surface area (Å²) in [6, 6.07) is 6.95. The van der Waals surface area contributed by atoms with E-state index >= 15 is 0 Å². The topological polar surface area (TPSA) is 114 Å². The standard InChI is InChI=1S/C8H11N5/c9-7(10)5-3-1-2-4-6(5)8(11)13-12/h1-4H,12H2,(H3,9,10)(H2,11,13). The maximum Gasteiger partial charge on any atom is 0.151 e. The van der Waals surface area contributed by atoms with Crippen LogP contribution in [-0.2, 0) is 0 Å². The molecule has 1 aromatic rings. The van der Waals surface area contributed by atoms with Gasteiger partial charge in [-0.3, -0.25) is 5.41 Å². The van der Waals surface area contributed by atoms with Crippen molar-refractivity contribution in [1.29, 1.82) is 5.41 Å². The molecule has 0 amide bonds. The maximum atomic E-state index is 7.27. The second kappa shape index (κ2) is 3.57. The molecule has 7 N–H and O–H groups in total. The van der Waals surface area contributed by atoms with Crippen LogP contribution in [0.15, 0.2) is 29.4 Å². The minimum Gasteiger partial charge on any atom is -0.384 e. The molecule has 0 saturated carbocycles. The van der Waals surface area contributed by atoms with Gasteiger partial charge in [-0.05, 0) is 0 Å². The average Bonchev–Trinajstić information content (AvgIpc) is 2.16. The molecule has 5 heteroatoms. The maximum absolute atomic E-state index is 7.27. The van der Waals surface area contributed by atoms with Gasteiger partial charge in [0, 0.05) is 11.1 Å². The van der Waals surface area contributed by atoms with E-state index in [0.717, 1.165) is 0 Å². The Morgan fingerprint density at radius 2 is 1.69 bits per heavy atom. The lowest BCUT2D eigenvalue weighted by molar-refractivity contribution is 1.23. The predicted molar refractivity (Wildman–Crippen MR) is 52.4 cm³/mol. The van der Waals surface area contributed by atoms with Crippen LogP contribution in [0.1, 0.15) is 11.1 Å². The van der Waals surface area contributed by atoms with Crippen LogP contribution in [0.5, 0.6) is 0 Å². The molecule has 68 valence electrons. The van der Waals surface area contributed by atoms with Gasteiger partial charge in [-0.15, -0.1) is 0 Å². The molecule has 0 aliphatic heterocycles. The molecule has 0 radical (unpaired) electrons. The molecule has 5 nitrogen and oxygen atoms in total. The highest BCUT2D eigenvalue weighted by Gasteiger charge is 2.06. The van der Waals surface area contributed by atoms with Crippen molar-refractivity contribution in [3.05, 3.63) is 35.4 Å². The molecule has 0 heterocycles. The number of rotatable bonds is 2. The Labute approximate surface area is 75.7 Å². The number of hydrazone groups is 1. The Kier molecular flexibility index (Phi) is 2.49. The molecule has 0 atom stereocenters. The smallest absolute Gasteiger partial charge is 0.151 e. The summed E-state index contributed by atoms with van der Waals surface area (Å²) in [5.74, 6) is 5.14. The lowest BCUT2D eigenvalue weighted by Gasteiger charge is -2.05. The fourth-order valence-corrected chi connectivity index (χ4v) is 1.01. The van der Waals surface area contributed by atoms with Crippen molar-refractivity contribution >= 4 is 11.7 Å². The van der Waals surface area contributed by atoms with E-state index in [9.17, 15) is 0 Å². The van der Waals surface area contributed by atoms with Crippen molar-refractivity contribution < 1.29 is 0 Å². The monoisotopic (exact) mass is 177 g/mol. The molecule has 0 fully saturated rings. The molecule has 1 aromatic carbocycles. The van der Waals surface area contributed by atoms with E-state index in [-0.39, 0.29) is 11.7 Å². The zero-order valence-corrected chi connectivity index (χ0v) is 6.99. The van der Waals surface area contributed by atoms with Crippen LogP contribution in [0.4, 0.5) is 0 Å². The van der Waals surface area contributed by atoms with Crippen molar-refractivity contribution in [1.82, 2.24) is 0 Å². The van der Waals surface area contributed by atoms with Crippen molar-refractivity contribution in [3.63, 3.8) is 0 Å². The first-order valence-corrected chi connectivity index (χ1v) is 3.64. The number of hydrogen-bond donors (Lipinski definition) is 4. The van der Waals surface area contributed by atoms with Crippen LogP contribution in [0.25, 0.3) is 0 Å². The molecule has 13 heavy (non-hydrogen) atoms. The third-order valence-corrected chi connectivity index (χ3v) is 1.63. The number of hydrogen-bond acceptors (Lipinski definition) is 3. The predicted octanol–water partition coefficient (Wildman–Crippen LogP) is -0.450. The van der Waals surface area contributed by atoms with Crippen LogP contribution in [0.3, 0.4) is 0 Å². The van der Waals surface area contributed by atoms with Crippen LogP contribution in [0, 0.1) is 5.41 Å². The summed E-state index contributed by atoms with van der Waals surface area (Å²) in [6.45, 7) is 0. The van der Waals surface area contributed by atoms with Gasteiger partial charge in [0.2, 0.25) is 0 Å². The van der Waals surface area contributed by atoms with Gasteiger partial charge in [-0.2, -0.15) is 5.10 Å². The highest BCUT2D eigenvalue weighted by Crippen LogP contribution is 2.06. The number of amidine groups is 2. The molecular weight excluding hydrogens is 166 g/mol. The molecule has 0 unspecified atom stereocenters. The molecule has 1 rings (SSSR count). The third-order valence-electron chi connectivity index (χ3n) is 1.63. The molecule has 0 spiro atoms. The summed E-state index contributed by atoms with van der Waals surface area (Å²) in [5, 5.41) is 10.6. The van der Waals surface area contributed by atoms with Crippen molar-refractivity contribution in [2.24, 2.45) is 22.4 Å². The summed E-state index contributed by atoms with van der Waals surface area (Å²) in [6.07, 6.45) is 0. The minimum absolute atomic E-state index is 0.0535. The zero-order chi connectivity index (χ0) is 9.84. The Hall–Kier alpha value is -2.04. The molecular formula is C8H11N5. The lowest BCUT2D eigenvalue weighted by Crippen LogP contribution is -2.22. The van der Waals surface area contributed by atoms with Crippen LogP contribution in [-0.4, -0.2) is 11.7 Å².